The van der Waals surface area contributed by atoms with Crippen LogP contribution in [0.2, 0.25) is 0 Å². The molecule has 0 bridgehead atoms. The van der Waals surface area contributed by atoms with Crippen LogP contribution in [0.25, 0.3) is 0 Å². The summed E-state index contributed by atoms with van der Waals surface area (Å²) in [5, 5.41) is 0. The highest BCUT2D eigenvalue weighted by atomic mass is 35.5. The molecular weight excluding hydrogens is 208 g/mol. The molecule has 82 valence electrons. The zero-order chi connectivity index (χ0) is 10.7. The van der Waals surface area contributed by atoms with Gasteiger partial charge < -0.3 is 0 Å². The third-order valence-electron chi connectivity index (χ3n) is 3.20. The van der Waals surface area contributed by atoms with Crippen molar-refractivity contribution in [3.63, 3.8) is 0 Å². The molecule has 0 radical (unpaired) electrons. The maximum absolute atomic E-state index is 5.83. The number of hydrogen-bond donors (Lipinski definition) is 0. The van der Waals surface area contributed by atoms with Crippen molar-refractivity contribution < 1.29 is 0 Å². The second-order valence-corrected chi connectivity index (χ2v) is 4.67. The van der Waals surface area contributed by atoms with E-state index in [2.05, 4.69) is 9.97 Å². The van der Waals surface area contributed by atoms with E-state index in [1.54, 1.807) is 0 Å². The Kier molecular flexibility index (Phi) is 3.57. The van der Waals surface area contributed by atoms with Crippen LogP contribution in [0, 0.1) is 12.8 Å². The summed E-state index contributed by atoms with van der Waals surface area (Å²) >= 11 is 5.83. The van der Waals surface area contributed by atoms with Crippen molar-refractivity contribution in [1.82, 2.24) is 9.97 Å². The van der Waals surface area contributed by atoms with Gasteiger partial charge in [-0.2, -0.15) is 0 Å². The first-order valence-electron chi connectivity index (χ1n) is 5.67. The molecule has 0 atom stereocenters. The Balaban J connectivity index is 2.07. The summed E-state index contributed by atoms with van der Waals surface area (Å²) in [5.74, 6) is 2.27. The Morgan fingerprint density at radius 1 is 1.40 bits per heavy atom. The van der Waals surface area contributed by atoms with Crippen LogP contribution >= 0.6 is 11.6 Å². The highest BCUT2D eigenvalue weighted by molar-refractivity contribution is 6.16. The Labute approximate surface area is 96.1 Å². The van der Waals surface area contributed by atoms with E-state index >= 15 is 0 Å². The second kappa shape index (κ2) is 4.93. The van der Waals surface area contributed by atoms with E-state index in [0.717, 1.165) is 29.4 Å². The molecule has 0 N–H and O–H groups in total. The van der Waals surface area contributed by atoms with Crippen LogP contribution in [-0.4, -0.2) is 9.97 Å². The number of aryl methyl sites for hydroxylation is 1. The molecule has 1 saturated carbocycles. The number of alkyl halides is 1. The van der Waals surface area contributed by atoms with Gasteiger partial charge in [-0.3, -0.25) is 0 Å². The van der Waals surface area contributed by atoms with E-state index in [1.807, 2.05) is 13.1 Å². The summed E-state index contributed by atoms with van der Waals surface area (Å²) in [4.78, 5) is 8.89. The largest absolute Gasteiger partial charge is 0.241 e. The van der Waals surface area contributed by atoms with Crippen LogP contribution in [0.5, 0.6) is 0 Å². The van der Waals surface area contributed by atoms with Crippen LogP contribution in [0.4, 0.5) is 0 Å². The molecular formula is C12H17ClN2. The maximum atomic E-state index is 5.83. The number of nitrogens with zero attached hydrogens (tertiary/aromatic N) is 2. The number of rotatable bonds is 3. The van der Waals surface area contributed by atoms with Gasteiger partial charge in [0.2, 0.25) is 0 Å². The molecule has 0 amide bonds. The molecule has 1 aliphatic rings. The summed E-state index contributed by atoms with van der Waals surface area (Å²) in [7, 11) is 0. The van der Waals surface area contributed by atoms with Gasteiger partial charge in [-0.25, -0.2) is 9.97 Å². The van der Waals surface area contributed by atoms with Crippen LogP contribution < -0.4 is 0 Å². The maximum Gasteiger partial charge on any atom is 0.128 e. The van der Waals surface area contributed by atoms with Crippen LogP contribution in [0.1, 0.15) is 42.8 Å². The average Bonchev–Trinajstić information content (AvgIpc) is 2.73. The molecule has 0 spiro atoms. The predicted octanol–water partition coefficient (Wildman–Crippen LogP) is 3.26. The molecule has 1 aliphatic carbocycles. The monoisotopic (exact) mass is 224 g/mol. The van der Waals surface area contributed by atoms with Crippen molar-refractivity contribution in [2.24, 2.45) is 5.92 Å². The quantitative estimate of drug-likeness (QED) is 0.737. The highest BCUT2D eigenvalue weighted by Crippen LogP contribution is 2.27. The van der Waals surface area contributed by atoms with Gasteiger partial charge in [0.05, 0.1) is 11.6 Å². The first kappa shape index (κ1) is 10.9. The minimum atomic E-state index is 0.492. The van der Waals surface area contributed by atoms with Gasteiger partial charge in [0.25, 0.3) is 0 Å². The Morgan fingerprint density at radius 3 is 2.80 bits per heavy atom. The highest BCUT2D eigenvalue weighted by Gasteiger charge is 2.17. The lowest BCUT2D eigenvalue weighted by Gasteiger charge is -2.09. The second-order valence-electron chi connectivity index (χ2n) is 4.40. The van der Waals surface area contributed by atoms with Gasteiger partial charge in [0.1, 0.15) is 5.82 Å². The first-order valence-corrected chi connectivity index (χ1v) is 6.20. The summed E-state index contributed by atoms with van der Waals surface area (Å²) in [6.45, 7) is 2.01. The lowest BCUT2D eigenvalue weighted by atomic mass is 10.0. The molecule has 0 unspecified atom stereocenters. The third kappa shape index (κ3) is 2.69. The van der Waals surface area contributed by atoms with Crippen molar-refractivity contribution in [2.75, 3.05) is 0 Å². The van der Waals surface area contributed by atoms with Gasteiger partial charge >= 0.3 is 0 Å². The molecule has 15 heavy (non-hydrogen) atoms. The van der Waals surface area contributed by atoms with Gasteiger partial charge in [0, 0.05) is 12.6 Å². The van der Waals surface area contributed by atoms with E-state index in [0.29, 0.717) is 5.88 Å². The Morgan fingerprint density at radius 2 is 2.13 bits per heavy atom. The normalized spacial score (nSPS) is 17.2. The molecule has 2 rings (SSSR count). The van der Waals surface area contributed by atoms with Gasteiger partial charge in [0.15, 0.2) is 0 Å². The minimum absolute atomic E-state index is 0.492. The molecule has 0 aliphatic heterocycles. The smallest absolute Gasteiger partial charge is 0.128 e. The fourth-order valence-electron chi connectivity index (χ4n) is 2.22. The topological polar surface area (TPSA) is 25.8 Å². The summed E-state index contributed by atoms with van der Waals surface area (Å²) in [5.41, 5.74) is 2.08. The fraction of sp³-hybridized carbons (Fsp3) is 0.667. The summed E-state index contributed by atoms with van der Waals surface area (Å²) < 4.78 is 0. The van der Waals surface area contributed by atoms with Crippen molar-refractivity contribution in [3.05, 3.63) is 23.3 Å². The molecule has 2 nitrogen and oxygen atoms in total. The molecule has 3 heteroatoms. The molecule has 1 aromatic heterocycles. The number of halogens is 1. The van der Waals surface area contributed by atoms with Crippen LogP contribution in [-0.2, 0) is 12.3 Å². The Bertz CT molecular complexity index is 332. The van der Waals surface area contributed by atoms with Crippen molar-refractivity contribution in [1.29, 1.82) is 0 Å². The number of aromatic nitrogens is 2. The molecule has 1 fully saturated rings. The summed E-state index contributed by atoms with van der Waals surface area (Å²) in [6, 6.07) is 0. The van der Waals surface area contributed by atoms with E-state index in [1.165, 1.54) is 25.7 Å². The van der Waals surface area contributed by atoms with Gasteiger partial charge in [-0.05, 0) is 18.4 Å². The molecule has 0 saturated heterocycles. The van der Waals surface area contributed by atoms with Crippen LogP contribution in [0.15, 0.2) is 6.20 Å². The lowest BCUT2D eigenvalue weighted by Crippen LogP contribution is -2.06. The Hall–Kier alpha value is -0.630. The standard InChI is InChI=1S/C12H17ClN2/c1-9-8-14-12(15-11(9)7-13)6-10-4-2-3-5-10/h8,10H,2-7H2,1H3. The first-order chi connectivity index (χ1) is 7.29. The van der Waals surface area contributed by atoms with E-state index in [4.69, 9.17) is 11.6 Å². The van der Waals surface area contributed by atoms with Crippen molar-refractivity contribution >= 4 is 11.6 Å². The van der Waals surface area contributed by atoms with Crippen LogP contribution in [0.3, 0.4) is 0 Å². The molecule has 1 heterocycles. The fourth-order valence-corrected chi connectivity index (χ4v) is 2.50. The van der Waals surface area contributed by atoms with E-state index in [9.17, 15) is 0 Å². The third-order valence-corrected chi connectivity index (χ3v) is 3.45. The van der Waals surface area contributed by atoms with E-state index < -0.39 is 0 Å². The average molecular weight is 225 g/mol. The zero-order valence-corrected chi connectivity index (χ0v) is 9.93. The number of hydrogen-bond acceptors (Lipinski definition) is 2. The SMILES string of the molecule is Cc1cnc(CC2CCCC2)nc1CCl. The molecule has 1 aromatic rings. The lowest BCUT2D eigenvalue weighted by molar-refractivity contribution is 0.529. The predicted molar refractivity (Wildman–Crippen MR) is 62.0 cm³/mol. The van der Waals surface area contributed by atoms with Gasteiger partial charge in [-0.15, -0.1) is 11.6 Å². The van der Waals surface area contributed by atoms with Crippen molar-refractivity contribution in [2.45, 2.75) is 44.9 Å². The summed E-state index contributed by atoms with van der Waals surface area (Å²) in [6.07, 6.45) is 8.36. The van der Waals surface area contributed by atoms with E-state index in [-0.39, 0.29) is 0 Å². The van der Waals surface area contributed by atoms with Gasteiger partial charge in [-0.1, -0.05) is 25.7 Å². The zero-order valence-electron chi connectivity index (χ0n) is 9.17. The van der Waals surface area contributed by atoms with Crippen molar-refractivity contribution in [3.8, 4) is 0 Å². The molecule has 0 aromatic carbocycles. The minimum Gasteiger partial charge on any atom is -0.241 e.